The summed E-state index contributed by atoms with van der Waals surface area (Å²) in [6.45, 7) is 0.434. The number of hydrogen-bond acceptors (Lipinski definition) is 6. The van der Waals surface area contributed by atoms with E-state index in [2.05, 4.69) is 10.6 Å². The highest BCUT2D eigenvalue weighted by molar-refractivity contribution is 6.59. The summed E-state index contributed by atoms with van der Waals surface area (Å²) in [6.07, 6.45) is 15.1. The molecule has 0 spiro atoms. The van der Waals surface area contributed by atoms with Crippen LogP contribution >= 0.6 is 0 Å². The molecule has 0 unspecified atom stereocenters. The Labute approximate surface area is 228 Å². The Morgan fingerprint density at radius 1 is 0.632 bits per heavy atom. The van der Waals surface area contributed by atoms with Crippen molar-refractivity contribution in [1.82, 2.24) is 10.6 Å². The summed E-state index contributed by atoms with van der Waals surface area (Å²) >= 11 is 0. The molecule has 0 aromatic carbocycles. The summed E-state index contributed by atoms with van der Waals surface area (Å²) in [4.78, 5) is 57.1. The van der Waals surface area contributed by atoms with E-state index < -0.39 is 24.0 Å². The summed E-state index contributed by atoms with van der Waals surface area (Å²) in [6, 6.07) is -1.56. The minimum atomic E-state index is -1.15. The van der Waals surface area contributed by atoms with Crippen LogP contribution in [-0.2, 0) is 24.0 Å². The van der Waals surface area contributed by atoms with Crippen LogP contribution in [0.25, 0.3) is 0 Å². The molecule has 0 saturated carbocycles. The van der Waals surface area contributed by atoms with Gasteiger partial charge in [-0.1, -0.05) is 64.2 Å². The van der Waals surface area contributed by atoms with Crippen molar-refractivity contribution in [3.8, 4) is 0 Å². The fraction of sp³-hybridized carbons (Fsp3) is 0.815. The Bertz CT molecular complexity index is 706. The average Bonchev–Trinajstić information content (AvgIpc) is 2.85. The molecule has 2 amide bonds. The molecule has 0 saturated heterocycles. The monoisotopic (exact) mass is 539 g/mol. The molecular formula is C27H50BN3O7. The molecule has 0 heterocycles. The highest BCUT2D eigenvalue weighted by atomic mass is 16.4. The highest BCUT2D eigenvalue weighted by Crippen LogP contribution is 2.13. The van der Waals surface area contributed by atoms with E-state index in [0.717, 1.165) is 44.9 Å². The van der Waals surface area contributed by atoms with E-state index in [0.29, 0.717) is 32.2 Å². The quantitative estimate of drug-likeness (QED) is 0.0823. The Kier molecular flexibility index (Phi) is 22.2. The van der Waals surface area contributed by atoms with E-state index in [-0.39, 0.29) is 43.2 Å². The first-order chi connectivity index (χ1) is 18.1. The van der Waals surface area contributed by atoms with E-state index in [1.807, 2.05) is 0 Å². The number of carbonyl (C=O) groups is 5. The SMILES string of the molecule is BC(=O)[C@@H](N)CCCCNC(=O)CC[C@H](NC(=O)CCCCCCCCCCCCCCC(=O)O)C(=O)O. The average molecular weight is 540 g/mol. The predicted molar refractivity (Wildman–Crippen MR) is 149 cm³/mol. The van der Waals surface area contributed by atoms with Crippen molar-refractivity contribution in [3.63, 3.8) is 0 Å². The van der Waals surface area contributed by atoms with E-state index in [1.54, 1.807) is 0 Å². The first-order valence-electron chi connectivity index (χ1n) is 14.4. The second-order valence-electron chi connectivity index (χ2n) is 10.2. The lowest BCUT2D eigenvalue weighted by molar-refractivity contribution is -0.142. The van der Waals surface area contributed by atoms with Crippen molar-refractivity contribution in [1.29, 1.82) is 0 Å². The van der Waals surface area contributed by atoms with Gasteiger partial charge in [-0.2, -0.15) is 0 Å². The lowest BCUT2D eigenvalue weighted by Gasteiger charge is -2.14. The van der Waals surface area contributed by atoms with Gasteiger partial charge in [-0.05, 0) is 38.5 Å². The van der Waals surface area contributed by atoms with Gasteiger partial charge in [0.2, 0.25) is 11.8 Å². The Morgan fingerprint density at radius 2 is 1.13 bits per heavy atom. The number of carbonyl (C=O) groups excluding carboxylic acids is 3. The number of hydrogen-bond donors (Lipinski definition) is 5. The number of carboxylic acids is 2. The maximum atomic E-state index is 12.1. The van der Waals surface area contributed by atoms with Gasteiger partial charge in [0.1, 0.15) is 6.04 Å². The van der Waals surface area contributed by atoms with Gasteiger partial charge < -0.3 is 31.4 Å². The van der Waals surface area contributed by atoms with Crippen molar-refractivity contribution >= 4 is 37.3 Å². The van der Waals surface area contributed by atoms with Crippen LogP contribution in [0.1, 0.15) is 122 Å². The van der Waals surface area contributed by atoms with Crippen molar-refractivity contribution in [2.24, 2.45) is 5.73 Å². The minimum absolute atomic E-state index is 0.00886. The Morgan fingerprint density at radius 3 is 1.61 bits per heavy atom. The zero-order valence-electron chi connectivity index (χ0n) is 23.3. The molecule has 10 nitrogen and oxygen atoms in total. The highest BCUT2D eigenvalue weighted by Gasteiger charge is 2.20. The molecular weight excluding hydrogens is 489 g/mol. The third kappa shape index (κ3) is 22.7. The van der Waals surface area contributed by atoms with Crippen LogP contribution in [0.2, 0.25) is 0 Å². The fourth-order valence-corrected chi connectivity index (χ4v) is 4.14. The summed E-state index contributed by atoms with van der Waals surface area (Å²) < 4.78 is 0. The molecule has 0 bridgehead atoms. The number of nitrogens with one attached hydrogen (secondary N) is 2. The van der Waals surface area contributed by atoms with Crippen LogP contribution < -0.4 is 16.4 Å². The third-order valence-corrected chi connectivity index (χ3v) is 6.62. The standard InChI is InChI=1S/C27H50BN3O7/c28-26(36)21(29)15-13-14-20-30-23(32)19-18-22(27(37)38)31-24(33)16-11-9-7-5-3-1-2-4-6-8-10-12-17-25(34)35/h21-22H,1-20,28-29H2,(H,30,32)(H,31,33)(H,34,35)(H,37,38)/t21-,22-/m0/s1. The summed E-state index contributed by atoms with van der Waals surface area (Å²) in [5.41, 5.74) is 5.60. The molecule has 11 heteroatoms. The smallest absolute Gasteiger partial charge is 0.326 e. The van der Waals surface area contributed by atoms with Gasteiger partial charge >= 0.3 is 11.9 Å². The van der Waals surface area contributed by atoms with Gasteiger partial charge in [0.05, 0.1) is 11.7 Å². The lowest BCUT2D eigenvalue weighted by Crippen LogP contribution is -2.41. The molecule has 0 fully saturated rings. The van der Waals surface area contributed by atoms with Crippen LogP contribution in [0.5, 0.6) is 0 Å². The second kappa shape index (κ2) is 23.7. The summed E-state index contributed by atoms with van der Waals surface area (Å²) in [5.74, 6) is -2.44. The van der Waals surface area contributed by atoms with Gasteiger partial charge in [0, 0.05) is 25.8 Å². The zero-order valence-corrected chi connectivity index (χ0v) is 23.3. The molecule has 0 radical (unpaired) electrons. The lowest BCUT2D eigenvalue weighted by atomic mass is 9.92. The predicted octanol–water partition coefficient (Wildman–Crippen LogP) is 2.66. The number of unbranched alkanes of at least 4 members (excludes halogenated alkanes) is 12. The summed E-state index contributed by atoms with van der Waals surface area (Å²) in [7, 11) is 1.45. The number of amides is 2. The van der Waals surface area contributed by atoms with E-state index in [1.165, 1.54) is 33.5 Å². The Hall–Kier alpha value is -2.43. The van der Waals surface area contributed by atoms with Crippen LogP contribution in [0.4, 0.5) is 0 Å². The molecule has 2 atom stereocenters. The number of carboxylic acid groups (broad SMARTS) is 2. The van der Waals surface area contributed by atoms with Crippen molar-refractivity contribution in [2.75, 3.05) is 6.54 Å². The zero-order chi connectivity index (χ0) is 28.6. The number of rotatable bonds is 26. The van der Waals surface area contributed by atoms with Crippen LogP contribution in [-0.4, -0.2) is 66.1 Å². The van der Waals surface area contributed by atoms with Gasteiger partial charge in [0.15, 0.2) is 7.85 Å². The van der Waals surface area contributed by atoms with Crippen molar-refractivity contribution in [3.05, 3.63) is 0 Å². The van der Waals surface area contributed by atoms with Gasteiger partial charge in [0.25, 0.3) is 0 Å². The normalized spacial score (nSPS) is 12.4. The van der Waals surface area contributed by atoms with Gasteiger partial charge in [-0.3, -0.25) is 14.4 Å². The van der Waals surface area contributed by atoms with Gasteiger partial charge in [-0.15, -0.1) is 0 Å². The minimum Gasteiger partial charge on any atom is -0.481 e. The van der Waals surface area contributed by atoms with E-state index in [4.69, 9.17) is 10.8 Å². The molecule has 0 aliphatic heterocycles. The number of aliphatic carboxylic acids is 2. The van der Waals surface area contributed by atoms with Crippen LogP contribution in [0, 0.1) is 0 Å². The fourth-order valence-electron chi connectivity index (χ4n) is 4.14. The largest absolute Gasteiger partial charge is 0.481 e. The van der Waals surface area contributed by atoms with E-state index >= 15 is 0 Å². The molecule has 6 N–H and O–H groups in total. The Balaban J connectivity index is 3.75. The van der Waals surface area contributed by atoms with Crippen molar-refractivity contribution < 1.29 is 34.2 Å². The second-order valence-corrected chi connectivity index (χ2v) is 10.2. The molecule has 0 aliphatic rings. The maximum absolute atomic E-state index is 12.1. The molecule has 38 heavy (non-hydrogen) atoms. The van der Waals surface area contributed by atoms with Crippen molar-refractivity contribution in [2.45, 2.75) is 134 Å². The summed E-state index contributed by atoms with van der Waals surface area (Å²) in [5, 5.41) is 23.2. The van der Waals surface area contributed by atoms with Crippen LogP contribution in [0.3, 0.4) is 0 Å². The first kappa shape index (κ1) is 35.6. The first-order valence-corrected chi connectivity index (χ1v) is 14.4. The molecule has 218 valence electrons. The molecule has 0 aliphatic carbocycles. The van der Waals surface area contributed by atoms with Crippen LogP contribution in [0.15, 0.2) is 0 Å². The molecule has 0 aromatic heterocycles. The maximum Gasteiger partial charge on any atom is 0.326 e. The van der Waals surface area contributed by atoms with E-state index in [9.17, 15) is 29.1 Å². The van der Waals surface area contributed by atoms with Gasteiger partial charge in [-0.25, -0.2) is 4.79 Å². The number of nitrogens with two attached hydrogens (primary N) is 1. The topological polar surface area (TPSA) is 176 Å². The third-order valence-electron chi connectivity index (χ3n) is 6.62. The molecule has 0 rings (SSSR count). The molecule has 0 aromatic rings.